The van der Waals surface area contributed by atoms with E-state index in [1.54, 1.807) is 12.1 Å². The molecule has 0 atom stereocenters. The third-order valence-electron chi connectivity index (χ3n) is 5.52. The van der Waals surface area contributed by atoms with Crippen LogP contribution in [0.5, 0.6) is 0 Å². The molecule has 1 aromatic carbocycles. The summed E-state index contributed by atoms with van der Waals surface area (Å²) in [6, 6.07) is 6.23. The van der Waals surface area contributed by atoms with Gasteiger partial charge in [-0.15, -0.1) is 0 Å². The second-order valence-corrected chi connectivity index (χ2v) is 8.37. The lowest BCUT2D eigenvalue weighted by atomic mass is 9.85. The molecule has 188 valence electrons. The van der Waals surface area contributed by atoms with E-state index in [9.17, 15) is 9.50 Å². The molecule has 1 aliphatic carbocycles. The summed E-state index contributed by atoms with van der Waals surface area (Å²) < 4.78 is 24.0. The quantitative estimate of drug-likeness (QED) is 0.242. The standard InChI is InChI=1S/C23H36FN7O3/c24-19-6-4-18(5-7-19)16-27-21-29-20(26-11-13-34-15-14-33-12-10-25)30-22(31-21)28-17-23(32)8-2-1-3-9-23/h4-7,32H,1-3,8-17,25H2,(H3,26,27,28,29,30,31). The molecule has 0 amide bonds. The Hall–Kier alpha value is -2.60. The molecular formula is C23H36FN7O3. The number of nitrogens with one attached hydrogen (secondary N) is 3. The van der Waals surface area contributed by atoms with Gasteiger partial charge < -0.3 is 36.3 Å². The minimum Gasteiger partial charge on any atom is -0.388 e. The van der Waals surface area contributed by atoms with Crippen LogP contribution in [0.15, 0.2) is 24.3 Å². The Morgan fingerprint density at radius 3 is 2.15 bits per heavy atom. The van der Waals surface area contributed by atoms with E-state index in [1.165, 1.54) is 12.1 Å². The van der Waals surface area contributed by atoms with Gasteiger partial charge in [0.15, 0.2) is 0 Å². The zero-order valence-corrected chi connectivity index (χ0v) is 19.6. The first-order chi connectivity index (χ1) is 16.6. The molecule has 0 aliphatic heterocycles. The topological polar surface area (TPSA) is 139 Å². The van der Waals surface area contributed by atoms with Crippen LogP contribution in [-0.2, 0) is 16.0 Å². The zero-order chi connectivity index (χ0) is 24.1. The number of hydrogen-bond acceptors (Lipinski definition) is 10. The van der Waals surface area contributed by atoms with Gasteiger partial charge in [0.25, 0.3) is 0 Å². The summed E-state index contributed by atoms with van der Waals surface area (Å²) in [5.74, 6) is 0.846. The largest absolute Gasteiger partial charge is 0.388 e. The van der Waals surface area contributed by atoms with Crippen molar-refractivity contribution in [1.29, 1.82) is 0 Å². The molecule has 1 aliphatic rings. The smallest absolute Gasteiger partial charge is 0.229 e. The molecule has 34 heavy (non-hydrogen) atoms. The van der Waals surface area contributed by atoms with Crippen molar-refractivity contribution >= 4 is 17.8 Å². The molecule has 1 aromatic heterocycles. The Balaban J connectivity index is 1.56. The highest BCUT2D eigenvalue weighted by atomic mass is 19.1. The normalized spacial score (nSPS) is 15.1. The molecule has 10 nitrogen and oxygen atoms in total. The summed E-state index contributed by atoms with van der Waals surface area (Å²) >= 11 is 0. The van der Waals surface area contributed by atoms with Gasteiger partial charge >= 0.3 is 0 Å². The lowest BCUT2D eigenvalue weighted by molar-refractivity contribution is 0.0166. The van der Waals surface area contributed by atoms with E-state index < -0.39 is 5.60 Å². The molecule has 0 unspecified atom stereocenters. The van der Waals surface area contributed by atoms with Crippen LogP contribution in [0.4, 0.5) is 22.2 Å². The number of benzene rings is 1. The number of aliphatic hydroxyl groups is 1. The fraction of sp³-hybridized carbons (Fsp3) is 0.609. The van der Waals surface area contributed by atoms with E-state index >= 15 is 0 Å². The average Bonchev–Trinajstić information content (AvgIpc) is 2.85. The maximum Gasteiger partial charge on any atom is 0.229 e. The van der Waals surface area contributed by atoms with Gasteiger partial charge in [-0.05, 0) is 30.5 Å². The van der Waals surface area contributed by atoms with Crippen LogP contribution in [0.1, 0.15) is 37.7 Å². The van der Waals surface area contributed by atoms with Gasteiger partial charge in [-0.25, -0.2) is 4.39 Å². The molecule has 3 rings (SSSR count). The Bertz CT molecular complexity index is 851. The van der Waals surface area contributed by atoms with Crippen molar-refractivity contribution in [1.82, 2.24) is 15.0 Å². The summed E-state index contributed by atoms with van der Waals surface area (Å²) in [7, 11) is 0. The number of hydrogen-bond donors (Lipinski definition) is 5. The van der Waals surface area contributed by atoms with Crippen LogP contribution in [0.3, 0.4) is 0 Å². The molecule has 0 radical (unpaired) electrons. The van der Waals surface area contributed by atoms with Crippen molar-refractivity contribution in [3.8, 4) is 0 Å². The monoisotopic (exact) mass is 477 g/mol. The fourth-order valence-electron chi connectivity index (χ4n) is 3.67. The van der Waals surface area contributed by atoms with Crippen LogP contribution in [0, 0.1) is 5.82 Å². The number of nitrogens with zero attached hydrogens (tertiary/aromatic N) is 3. The van der Waals surface area contributed by atoms with Gasteiger partial charge in [-0.1, -0.05) is 31.4 Å². The lowest BCUT2D eigenvalue weighted by Crippen LogP contribution is -2.39. The van der Waals surface area contributed by atoms with E-state index in [4.69, 9.17) is 15.2 Å². The number of nitrogens with two attached hydrogens (primary N) is 1. The van der Waals surface area contributed by atoms with E-state index in [1.807, 2.05) is 0 Å². The van der Waals surface area contributed by atoms with Gasteiger partial charge in [-0.2, -0.15) is 15.0 Å². The van der Waals surface area contributed by atoms with Crippen molar-refractivity contribution in [2.75, 3.05) is 62.0 Å². The summed E-state index contributed by atoms with van der Waals surface area (Å²) in [5.41, 5.74) is 5.52. The average molecular weight is 478 g/mol. The summed E-state index contributed by atoms with van der Waals surface area (Å²) in [4.78, 5) is 13.3. The minimum atomic E-state index is -0.750. The zero-order valence-electron chi connectivity index (χ0n) is 19.6. The van der Waals surface area contributed by atoms with Crippen molar-refractivity contribution in [3.05, 3.63) is 35.6 Å². The molecule has 1 fully saturated rings. The molecule has 1 saturated carbocycles. The SMILES string of the molecule is NCCOCCOCCNc1nc(NCc2ccc(F)cc2)nc(NCC2(O)CCCCC2)n1. The van der Waals surface area contributed by atoms with Crippen molar-refractivity contribution in [3.63, 3.8) is 0 Å². The molecule has 0 spiro atoms. The molecule has 0 saturated heterocycles. The highest BCUT2D eigenvalue weighted by Crippen LogP contribution is 2.28. The van der Waals surface area contributed by atoms with Crippen LogP contribution >= 0.6 is 0 Å². The predicted octanol–water partition coefficient (Wildman–Crippen LogP) is 2.13. The van der Waals surface area contributed by atoms with Gasteiger partial charge in [0.2, 0.25) is 17.8 Å². The Morgan fingerprint density at radius 1 is 0.853 bits per heavy atom. The highest BCUT2D eigenvalue weighted by molar-refractivity contribution is 5.42. The summed E-state index contributed by atoms with van der Waals surface area (Å²) in [6.45, 7) is 3.75. The highest BCUT2D eigenvalue weighted by Gasteiger charge is 2.29. The predicted molar refractivity (Wildman–Crippen MR) is 129 cm³/mol. The first-order valence-electron chi connectivity index (χ1n) is 11.9. The van der Waals surface area contributed by atoms with Crippen LogP contribution in [0.2, 0.25) is 0 Å². The van der Waals surface area contributed by atoms with Gasteiger partial charge in [0.05, 0.1) is 32.0 Å². The van der Waals surface area contributed by atoms with E-state index in [-0.39, 0.29) is 5.82 Å². The first-order valence-corrected chi connectivity index (χ1v) is 11.9. The van der Waals surface area contributed by atoms with E-state index in [0.29, 0.717) is 70.5 Å². The van der Waals surface area contributed by atoms with Crippen molar-refractivity contribution < 1.29 is 19.0 Å². The van der Waals surface area contributed by atoms with Crippen molar-refractivity contribution in [2.45, 2.75) is 44.2 Å². The van der Waals surface area contributed by atoms with E-state index in [2.05, 4.69) is 30.9 Å². The molecule has 11 heteroatoms. The lowest BCUT2D eigenvalue weighted by Gasteiger charge is -2.32. The second kappa shape index (κ2) is 14.0. The molecular weight excluding hydrogens is 441 g/mol. The summed E-state index contributed by atoms with van der Waals surface area (Å²) in [6.07, 6.45) is 4.71. The van der Waals surface area contributed by atoms with Gasteiger partial charge in [0, 0.05) is 26.2 Å². The Labute approximate surface area is 199 Å². The molecule has 0 bridgehead atoms. The Kier molecular flexibility index (Phi) is 10.7. The maximum atomic E-state index is 13.2. The maximum absolute atomic E-state index is 13.2. The summed E-state index contributed by atoms with van der Waals surface area (Å²) in [5, 5.41) is 20.3. The first kappa shape index (κ1) is 26.0. The fourth-order valence-corrected chi connectivity index (χ4v) is 3.67. The molecule has 1 heterocycles. The van der Waals surface area contributed by atoms with Gasteiger partial charge in [-0.3, -0.25) is 0 Å². The second-order valence-electron chi connectivity index (χ2n) is 8.37. The Morgan fingerprint density at radius 2 is 1.47 bits per heavy atom. The number of rotatable bonds is 15. The molecule has 2 aromatic rings. The number of halogens is 1. The van der Waals surface area contributed by atoms with E-state index in [0.717, 1.165) is 37.7 Å². The van der Waals surface area contributed by atoms with Crippen molar-refractivity contribution in [2.24, 2.45) is 5.73 Å². The third-order valence-corrected chi connectivity index (χ3v) is 5.52. The third kappa shape index (κ3) is 9.34. The minimum absolute atomic E-state index is 0.282. The van der Waals surface area contributed by atoms with Crippen LogP contribution in [-0.4, -0.2) is 71.7 Å². The number of ether oxygens (including phenoxy) is 2. The molecule has 6 N–H and O–H groups in total. The number of aromatic nitrogens is 3. The van der Waals surface area contributed by atoms with Crippen LogP contribution < -0.4 is 21.7 Å². The van der Waals surface area contributed by atoms with Crippen LogP contribution in [0.25, 0.3) is 0 Å². The van der Waals surface area contributed by atoms with Gasteiger partial charge in [0.1, 0.15) is 5.82 Å². The number of anilines is 3.